The van der Waals surface area contributed by atoms with E-state index in [2.05, 4.69) is 20.9 Å². The van der Waals surface area contributed by atoms with Crippen molar-refractivity contribution in [2.45, 2.75) is 6.10 Å². The lowest BCUT2D eigenvalue weighted by Crippen LogP contribution is -2.03. The first-order chi connectivity index (χ1) is 9.59. The highest BCUT2D eigenvalue weighted by molar-refractivity contribution is 9.10. The number of halogens is 1. The zero-order chi connectivity index (χ0) is 14.3. The van der Waals surface area contributed by atoms with E-state index in [-0.39, 0.29) is 5.69 Å². The van der Waals surface area contributed by atoms with Gasteiger partial charge in [-0.1, -0.05) is 24.3 Å². The smallest absolute Gasteiger partial charge is 0.355 e. The number of aromatic nitrogens is 1. The lowest BCUT2D eigenvalue weighted by atomic mass is 9.99. The molecule has 1 aromatic heterocycles. The minimum Gasteiger partial charge on any atom is -0.476 e. The van der Waals surface area contributed by atoms with Gasteiger partial charge < -0.3 is 10.2 Å². The predicted octanol–water partition coefficient (Wildman–Crippen LogP) is 3.02. The molecule has 1 aliphatic carbocycles. The van der Waals surface area contributed by atoms with Gasteiger partial charge in [0.05, 0.1) is 10.6 Å². The predicted molar refractivity (Wildman–Crippen MR) is 77.4 cm³/mol. The highest BCUT2D eigenvalue weighted by Crippen LogP contribution is 2.40. The second kappa shape index (κ2) is 4.85. The molecule has 0 aliphatic heterocycles. The van der Waals surface area contributed by atoms with Crippen LogP contribution in [-0.2, 0) is 0 Å². The van der Waals surface area contributed by atoms with Crippen LogP contribution in [0.1, 0.15) is 33.3 Å². The van der Waals surface area contributed by atoms with E-state index in [1.165, 1.54) is 6.20 Å². The van der Waals surface area contributed by atoms with Gasteiger partial charge >= 0.3 is 5.97 Å². The SMILES string of the molecule is O=C(O)c1nccc(C2=CC(O)c3ccccc32)c1Br. The Morgan fingerprint density at radius 3 is 2.70 bits per heavy atom. The summed E-state index contributed by atoms with van der Waals surface area (Å²) < 4.78 is 0.419. The van der Waals surface area contributed by atoms with Crippen LogP contribution in [0.15, 0.2) is 47.1 Å². The number of aromatic carboxylic acids is 1. The van der Waals surface area contributed by atoms with Gasteiger partial charge in [0.2, 0.25) is 0 Å². The van der Waals surface area contributed by atoms with E-state index in [0.29, 0.717) is 10.0 Å². The van der Waals surface area contributed by atoms with Crippen LogP contribution in [0.25, 0.3) is 5.57 Å². The van der Waals surface area contributed by atoms with Crippen LogP contribution in [-0.4, -0.2) is 21.2 Å². The number of aliphatic hydroxyl groups excluding tert-OH is 1. The summed E-state index contributed by atoms with van der Waals surface area (Å²) in [5.74, 6) is -1.09. The molecule has 20 heavy (non-hydrogen) atoms. The molecule has 0 amide bonds. The maximum absolute atomic E-state index is 11.1. The number of hydrogen-bond donors (Lipinski definition) is 2. The summed E-state index contributed by atoms with van der Waals surface area (Å²) in [6.45, 7) is 0. The zero-order valence-electron chi connectivity index (χ0n) is 10.2. The summed E-state index contributed by atoms with van der Waals surface area (Å²) >= 11 is 3.30. The molecule has 0 spiro atoms. The van der Waals surface area contributed by atoms with Crippen molar-refractivity contribution < 1.29 is 15.0 Å². The number of rotatable bonds is 2. The number of carboxylic acid groups (broad SMARTS) is 1. The Bertz CT molecular complexity index is 740. The number of carboxylic acids is 1. The number of pyridine rings is 1. The number of benzene rings is 1. The molecule has 0 saturated heterocycles. The number of carbonyl (C=O) groups is 1. The number of aliphatic hydroxyl groups is 1. The van der Waals surface area contributed by atoms with Gasteiger partial charge in [0.15, 0.2) is 5.69 Å². The fourth-order valence-corrected chi connectivity index (χ4v) is 2.99. The van der Waals surface area contributed by atoms with Gasteiger partial charge in [-0.25, -0.2) is 9.78 Å². The molecule has 3 rings (SSSR count). The second-order valence-corrected chi connectivity index (χ2v) is 5.23. The number of nitrogens with zero attached hydrogens (tertiary/aromatic N) is 1. The van der Waals surface area contributed by atoms with Crippen molar-refractivity contribution in [2.24, 2.45) is 0 Å². The molecular weight excluding hydrogens is 322 g/mol. The molecule has 0 saturated carbocycles. The van der Waals surface area contributed by atoms with Crippen LogP contribution in [0.4, 0.5) is 0 Å². The molecule has 0 radical (unpaired) electrons. The van der Waals surface area contributed by atoms with Gasteiger partial charge in [-0.05, 0) is 44.8 Å². The molecule has 1 unspecified atom stereocenters. The number of hydrogen-bond acceptors (Lipinski definition) is 3. The van der Waals surface area contributed by atoms with Crippen molar-refractivity contribution in [3.05, 3.63) is 69.5 Å². The van der Waals surface area contributed by atoms with Crippen LogP contribution < -0.4 is 0 Å². The summed E-state index contributed by atoms with van der Waals surface area (Å²) in [5, 5.41) is 19.2. The monoisotopic (exact) mass is 331 g/mol. The summed E-state index contributed by atoms with van der Waals surface area (Å²) in [6, 6.07) is 9.25. The maximum Gasteiger partial charge on any atom is 0.355 e. The van der Waals surface area contributed by atoms with E-state index in [4.69, 9.17) is 5.11 Å². The zero-order valence-corrected chi connectivity index (χ0v) is 11.8. The largest absolute Gasteiger partial charge is 0.476 e. The van der Waals surface area contributed by atoms with E-state index < -0.39 is 12.1 Å². The Kier molecular flexibility index (Phi) is 3.16. The third-order valence-corrected chi connectivity index (χ3v) is 4.08. The Balaban J connectivity index is 2.19. The Morgan fingerprint density at radius 1 is 1.20 bits per heavy atom. The molecule has 5 heteroatoms. The molecule has 1 heterocycles. The Labute approximate surface area is 123 Å². The average Bonchev–Trinajstić information content (AvgIpc) is 2.77. The van der Waals surface area contributed by atoms with Gasteiger partial charge in [0.25, 0.3) is 0 Å². The molecule has 1 aromatic carbocycles. The van der Waals surface area contributed by atoms with Gasteiger partial charge in [-0.15, -0.1) is 0 Å². The van der Waals surface area contributed by atoms with Gasteiger partial charge in [0, 0.05) is 11.8 Å². The molecule has 0 fully saturated rings. The van der Waals surface area contributed by atoms with Crippen molar-refractivity contribution in [3.63, 3.8) is 0 Å². The van der Waals surface area contributed by atoms with E-state index in [1.54, 1.807) is 12.1 Å². The number of fused-ring (bicyclic) bond motifs is 1. The summed E-state index contributed by atoms with van der Waals surface area (Å²) in [5.41, 5.74) is 3.21. The molecule has 1 aliphatic rings. The van der Waals surface area contributed by atoms with Crippen molar-refractivity contribution >= 4 is 27.5 Å². The summed E-state index contributed by atoms with van der Waals surface area (Å²) in [7, 11) is 0. The van der Waals surface area contributed by atoms with Crippen molar-refractivity contribution in [3.8, 4) is 0 Å². The van der Waals surface area contributed by atoms with E-state index in [1.807, 2.05) is 24.3 Å². The van der Waals surface area contributed by atoms with Crippen molar-refractivity contribution in [1.29, 1.82) is 0 Å². The first-order valence-corrected chi connectivity index (χ1v) is 6.76. The Morgan fingerprint density at radius 2 is 1.95 bits per heavy atom. The normalized spacial score (nSPS) is 16.7. The highest BCUT2D eigenvalue weighted by atomic mass is 79.9. The standard InChI is InChI=1S/C15H10BrNO3/c16-13-10(5-6-17-14(13)15(19)20)11-7-12(18)9-4-2-1-3-8(9)11/h1-7,12,18H,(H,19,20). The van der Waals surface area contributed by atoms with Crippen LogP contribution in [0.3, 0.4) is 0 Å². The molecule has 1 atom stereocenters. The lowest BCUT2D eigenvalue weighted by Gasteiger charge is -2.09. The fourth-order valence-electron chi connectivity index (χ4n) is 2.37. The minimum atomic E-state index is -1.09. The highest BCUT2D eigenvalue weighted by Gasteiger charge is 2.25. The fraction of sp³-hybridized carbons (Fsp3) is 0.0667. The Hall–Kier alpha value is -1.98. The minimum absolute atomic E-state index is 0.0396. The third kappa shape index (κ3) is 1.95. The quantitative estimate of drug-likeness (QED) is 0.887. The molecule has 2 N–H and O–H groups in total. The van der Waals surface area contributed by atoms with Crippen molar-refractivity contribution in [1.82, 2.24) is 4.98 Å². The van der Waals surface area contributed by atoms with Crippen LogP contribution >= 0.6 is 15.9 Å². The topological polar surface area (TPSA) is 70.4 Å². The molecule has 4 nitrogen and oxygen atoms in total. The molecular formula is C15H10BrNO3. The van der Waals surface area contributed by atoms with E-state index in [0.717, 1.165) is 16.7 Å². The average molecular weight is 332 g/mol. The molecule has 0 bridgehead atoms. The van der Waals surface area contributed by atoms with Gasteiger partial charge in [-0.3, -0.25) is 0 Å². The maximum atomic E-state index is 11.1. The summed E-state index contributed by atoms with van der Waals surface area (Å²) in [4.78, 5) is 15.0. The molecule has 2 aromatic rings. The second-order valence-electron chi connectivity index (χ2n) is 4.44. The van der Waals surface area contributed by atoms with Gasteiger partial charge in [-0.2, -0.15) is 0 Å². The van der Waals surface area contributed by atoms with Gasteiger partial charge in [0.1, 0.15) is 0 Å². The van der Waals surface area contributed by atoms with Crippen molar-refractivity contribution in [2.75, 3.05) is 0 Å². The van der Waals surface area contributed by atoms with E-state index >= 15 is 0 Å². The van der Waals surface area contributed by atoms with E-state index in [9.17, 15) is 9.90 Å². The first kappa shape index (κ1) is 13.0. The first-order valence-electron chi connectivity index (χ1n) is 5.97. The van der Waals surface area contributed by atoms with Crippen LogP contribution in [0, 0.1) is 0 Å². The molecule has 100 valence electrons. The lowest BCUT2D eigenvalue weighted by molar-refractivity contribution is 0.0689. The third-order valence-electron chi connectivity index (χ3n) is 3.28. The summed E-state index contributed by atoms with van der Waals surface area (Å²) in [6.07, 6.45) is 2.50. The van der Waals surface area contributed by atoms with Crippen LogP contribution in [0.5, 0.6) is 0 Å². The van der Waals surface area contributed by atoms with Crippen LogP contribution in [0.2, 0.25) is 0 Å².